The van der Waals surface area contributed by atoms with Crippen LogP contribution < -0.4 is 5.32 Å². The smallest absolute Gasteiger partial charge is 0.244 e. The average Bonchev–Trinajstić information content (AvgIpc) is 2.36. The van der Waals surface area contributed by atoms with Gasteiger partial charge in [0.05, 0.1) is 12.2 Å². The first-order valence-corrected chi connectivity index (χ1v) is 7.49. The molecule has 0 unspecified atom stereocenters. The number of nitrogens with one attached hydrogen (secondary N) is 1. The summed E-state index contributed by atoms with van der Waals surface area (Å²) in [7, 11) is 0. The van der Waals surface area contributed by atoms with E-state index < -0.39 is 0 Å². The summed E-state index contributed by atoms with van der Waals surface area (Å²) in [6.45, 7) is 6.38. The van der Waals surface area contributed by atoms with Gasteiger partial charge < -0.3 is 10.2 Å². The van der Waals surface area contributed by atoms with Crippen molar-refractivity contribution in [1.82, 2.24) is 4.90 Å². The van der Waals surface area contributed by atoms with Gasteiger partial charge in [-0.15, -0.1) is 0 Å². The number of benzene rings is 1. The molecule has 1 N–H and O–H groups in total. The van der Waals surface area contributed by atoms with Gasteiger partial charge in [0.2, 0.25) is 11.8 Å². The van der Waals surface area contributed by atoms with Gasteiger partial charge in [0.25, 0.3) is 0 Å². The van der Waals surface area contributed by atoms with Crippen molar-refractivity contribution in [3.05, 3.63) is 28.7 Å². The van der Waals surface area contributed by atoms with Gasteiger partial charge in [0.1, 0.15) is 0 Å². The van der Waals surface area contributed by atoms with Crippen LogP contribution in [0.3, 0.4) is 0 Å². The molecule has 0 saturated carbocycles. The van der Waals surface area contributed by atoms with Crippen molar-refractivity contribution in [2.24, 2.45) is 5.92 Å². The Bertz CT molecular complexity index is 475. The Hall–Kier alpha value is -1.36. The zero-order valence-electron chi connectivity index (χ0n) is 12.1. The SMILES string of the molecule is CC(=O)N(CCC(C)C)CC(=O)Nc1ccccc1Br. The minimum atomic E-state index is -0.184. The summed E-state index contributed by atoms with van der Waals surface area (Å²) in [5, 5.41) is 2.80. The van der Waals surface area contributed by atoms with Crippen LogP contribution in [0.15, 0.2) is 28.7 Å². The molecule has 0 bridgehead atoms. The molecule has 2 amide bonds. The Labute approximate surface area is 128 Å². The molecule has 0 aliphatic heterocycles. The Morgan fingerprint density at radius 1 is 1.30 bits per heavy atom. The fourth-order valence-corrected chi connectivity index (χ4v) is 2.07. The van der Waals surface area contributed by atoms with Gasteiger partial charge in [-0.05, 0) is 40.4 Å². The third kappa shape index (κ3) is 5.74. The summed E-state index contributed by atoms with van der Waals surface area (Å²) in [6, 6.07) is 7.40. The topological polar surface area (TPSA) is 49.4 Å². The first-order valence-electron chi connectivity index (χ1n) is 6.70. The van der Waals surface area contributed by atoms with E-state index in [-0.39, 0.29) is 18.4 Å². The van der Waals surface area contributed by atoms with E-state index in [9.17, 15) is 9.59 Å². The fourth-order valence-electron chi connectivity index (χ4n) is 1.69. The van der Waals surface area contributed by atoms with Crippen LogP contribution in [0.25, 0.3) is 0 Å². The van der Waals surface area contributed by atoms with Crippen molar-refractivity contribution in [1.29, 1.82) is 0 Å². The number of carbonyl (C=O) groups is 2. The molecule has 0 radical (unpaired) electrons. The van der Waals surface area contributed by atoms with Gasteiger partial charge in [0, 0.05) is 17.9 Å². The lowest BCUT2D eigenvalue weighted by Gasteiger charge is -2.21. The van der Waals surface area contributed by atoms with E-state index in [0.717, 1.165) is 10.9 Å². The molecule has 5 heteroatoms. The number of hydrogen-bond acceptors (Lipinski definition) is 2. The van der Waals surface area contributed by atoms with Gasteiger partial charge in [0.15, 0.2) is 0 Å². The number of para-hydroxylation sites is 1. The molecule has 0 spiro atoms. The predicted octanol–water partition coefficient (Wildman–Crippen LogP) is 3.28. The second kappa shape index (κ2) is 8.04. The quantitative estimate of drug-likeness (QED) is 0.863. The van der Waals surface area contributed by atoms with Gasteiger partial charge in [-0.3, -0.25) is 9.59 Å². The molecular weight excluding hydrogens is 320 g/mol. The zero-order chi connectivity index (χ0) is 15.1. The van der Waals surface area contributed by atoms with Crippen molar-refractivity contribution >= 4 is 33.4 Å². The second-order valence-electron chi connectivity index (χ2n) is 5.15. The number of carbonyl (C=O) groups excluding carboxylic acids is 2. The van der Waals surface area contributed by atoms with Crippen LogP contribution in [-0.2, 0) is 9.59 Å². The molecule has 1 rings (SSSR count). The number of amides is 2. The summed E-state index contributed by atoms with van der Waals surface area (Å²) < 4.78 is 0.824. The molecule has 20 heavy (non-hydrogen) atoms. The maximum atomic E-state index is 12.0. The lowest BCUT2D eigenvalue weighted by Crippen LogP contribution is -2.37. The summed E-state index contributed by atoms with van der Waals surface area (Å²) in [6.07, 6.45) is 0.891. The number of halogens is 1. The Morgan fingerprint density at radius 2 is 1.95 bits per heavy atom. The van der Waals surface area contributed by atoms with Gasteiger partial charge in [-0.25, -0.2) is 0 Å². The standard InChI is InChI=1S/C15H21BrN2O2/c1-11(2)8-9-18(12(3)19)10-15(20)17-14-7-5-4-6-13(14)16/h4-7,11H,8-10H2,1-3H3,(H,17,20). The zero-order valence-corrected chi connectivity index (χ0v) is 13.7. The molecule has 0 aromatic heterocycles. The molecule has 0 aliphatic rings. The summed E-state index contributed by atoms with van der Waals surface area (Å²) >= 11 is 3.37. The van der Waals surface area contributed by atoms with Gasteiger partial charge in [-0.2, -0.15) is 0 Å². The van der Waals surface area contributed by atoms with E-state index in [2.05, 4.69) is 35.1 Å². The fraction of sp³-hybridized carbons (Fsp3) is 0.467. The van der Waals surface area contributed by atoms with E-state index >= 15 is 0 Å². The van der Waals surface area contributed by atoms with Crippen molar-refractivity contribution < 1.29 is 9.59 Å². The first kappa shape index (κ1) is 16.7. The molecule has 0 heterocycles. The van der Waals surface area contributed by atoms with Crippen LogP contribution in [0.5, 0.6) is 0 Å². The largest absolute Gasteiger partial charge is 0.334 e. The highest BCUT2D eigenvalue weighted by Gasteiger charge is 2.14. The lowest BCUT2D eigenvalue weighted by atomic mass is 10.1. The van der Waals surface area contributed by atoms with E-state index in [0.29, 0.717) is 18.2 Å². The van der Waals surface area contributed by atoms with Crippen molar-refractivity contribution in [3.63, 3.8) is 0 Å². The monoisotopic (exact) mass is 340 g/mol. The average molecular weight is 341 g/mol. The Morgan fingerprint density at radius 3 is 2.50 bits per heavy atom. The summed E-state index contributed by atoms with van der Waals surface area (Å²) in [5.74, 6) is 0.243. The first-order chi connectivity index (χ1) is 9.40. The van der Waals surface area contributed by atoms with E-state index in [4.69, 9.17) is 0 Å². The van der Waals surface area contributed by atoms with Crippen LogP contribution in [0.4, 0.5) is 5.69 Å². The summed E-state index contributed by atoms with van der Waals surface area (Å²) in [4.78, 5) is 25.1. The molecule has 110 valence electrons. The third-order valence-electron chi connectivity index (χ3n) is 2.90. The molecule has 0 saturated heterocycles. The Balaban J connectivity index is 2.58. The maximum Gasteiger partial charge on any atom is 0.244 e. The van der Waals surface area contributed by atoms with Crippen molar-refractivity contribution in [3.8, 4) is 0 Å². The van der Waals surface area contributed by atoms with Gasteiger partial charge >= 0.3 is 0 Å². The molecule has 0 fully saturated rings. The van der Waals surface area contributed by atoms with E-state index in [1.165, 1.54) is 6.92 Å². The Kier molecular flexibility index (Phi) is 6.71. The van der Waals surface area contributed by atoms with E-state index in [1.807, 2.05) is 24.3 Å². The van der Waals surface area contributed by atoms with Crippen molar-refractivity contribution in [2.45, 2.75) is 27.2 Å². The van der Waals surface area contributed by atoms with Crippen LogP contribution >= 0.6 is 15.9 Å². The van der Waals surface area contributed by atoms with Crippen LogP contribution in [-0.4, -0.2) is 29.8 Å². The maximum absolute atomic E-state index is 12.0. The molecular formula is C15H21BrN2O2. The van der Waals surface area contributed by atoms with E-state index in [1.54, 1.807) is 4.90 Å². The highest BCUT2D eigenvalue weighted by Crippen LogP contribution is 2.21. The molecule has 4 nitrogen and oxygen atoms in total. The number of hydrogen-bond donors (Lipinski definition) is 1. The molecule has 1 aromatic carbocycles. The number of nitrogens with zero attached hydrogens (tertiary/aromatic N) is 1. The number of rotatable bonds is 6. The molecule has 1 aromatic rings. The van der Waals surface area contributed by atoms with Crippen LogP contribution in [0.2, 0.25) is 0 Å². The van der Waals surface area contributed by atoms with Crippen LogP contribution in [0.1, 0.15) is 27.2 Å². The lowest BCUT2D eigenvalue weighted by molar-refractivity contribution is -0.132. The third-order valence-corrected chi connectivity index (χ3v) is 3.60. The highest BCUT2D eigenvalue weighted by molar-refractivity contribution is 9.10. The predicted molar refractivity (Wildman–Crippen MR) is 84.5 cm³/mol. The van der Waals surface area contributed by atoms with Crippen molar-refractivity contribution in [2.75, 3.05) is 18.4 Å². The minimum absolute atomic E-state index is 0.0760. The second-order valence-corrected chi connectivity index (χ2v) is 6.01. The highest BCUT2D eigenvalue weighted by atomic mass is 79.9. The van der Waals surface area contributed by atoms with Crippen LogP contribution in [0, 0.1) is 5.92 Å². The van der Waals surface area contributed by atoms with Gasteiger partial charge in [-0.1, -0.05) is 26.0 Å². The molecule has 0 atom stereocenters. The minimum Gasteiger partial charge on any atom is -0.334 e. The normalized spacial score (nSPS) is 10.4. The molecule has 0 aliphatic carbocycles. The summed E-state index contributed by atoms with van der Waals surface area (Å²) in [5.41, 5.74) is 0.713. The number of anilines is 1.